The van der Waals surface area contributed by atoms with Crippen LogP contribution >= 0.6 is 0 Å². The molecule has 0 spiro atoms. The number of nitrogen functional groups attached to an aromatic ring is 1. The van der Waals surface area contributed by atoms with Crippen molar-refractivity contribution in [3.05, 3.63) is 60.0 Å². The molecule has 100 valence electrons. The summed E-state index contributed by atoms with van der Waals surface area (Å²) < 4.78 is 5.83. The Morgan fingerprint density at radius 1 is 1.15 bits per heavy atom. The monoisotopic (exact) mass is 265 g/mol. The minimum atomic E-state index is 0.375. The SMILES string of the molecule is Cc1ccc2cccc(OCc3cc(N)ccn3)c2n1. The molecule has 3 rings (SSSR count). The largest absolute Gasteiger partial charge is 0.485 e. The average molecular weight is 265 g/mol. The van der Waals surface area contributed by atoms with E-state index in [0.29, 0.717) is 12.3 Å². The normalized spacial score (nSPS) is 10.7. The van der Waals surface area contributed by atoms with Gasteiger partial charge in [-0.25, -0.2) is 4.98 Å². The molecular weight excluding hydrogens is 250 g/mol. The molecule has 2 aromatic heterocycles. The van der Waals surface area contributed by atoms with E-state index < -0.39 is 0 Å². The first-order chi connectivity index (χ1) is 9.72. The van der Waals surface area contributed by atoms with Crippen molar-refractivity contribution in [3.63, 3.8) is 0 Å². The highest BCUT2D eigenvalue weighted by molar-refractivity contribution is 5.84. The van der Waals surface area contributed by atoms with Crippen LogP contribution in [0.3, 0.4) is 0 Å². The molecule has 0 atom stereocenters. The van der Waals surface area contributed by atoms with Crippen molar-refractivity contribution < 1.29 is 4.74 Å². The summed E-state index contributed by atoms with van der Waals surface area (Å²) in [6, 6.07) is 13.5. The van der Waals surface area contributed by atoms with Crippen molar-refractivity contribution >= 4 is 16.6 Å². The summed E-state index contributed by atoms with van der Waals surface area (Å²) in [5, 5.41) is 1.06. The summed E-state index contributed by atoms with van der Waals surface area (Å²) in [5.41, 5.74) is 9.06. The standard InChI is InChI=1S/C16H15N3O/c1-11-5-6-12-3-2-4-15(16(12)19-11)20-10-14-9-13(17)7-8-18-14/h2-9H,10H2,1H3,(H2,17,18). The highest BCUT2D eigenvalue weighted by Crippen LogP contribution is 2.24. The molecule has 20 heavy (non-hydrogen) atoms. The van der Waals surface area contributed by atoms with Gasteiger partial charge in [0.25, 0.3) is 0 Å². The maximum Gasteiger partial charge on any atom is 0.146 e. The minimum absolute atomic E-state index is 0.375. The molecule has 1 aromatic carbocycles. The quantitative estimate of drug-likeness (QED) is 0.790. The third-order valence-corrected chi connectivity index (χ3v) is 3.04. The van der Waals surface area contributed by atoms with E-state index >= 15 is 0 Å². The number of hydrogen-bond acceptors (Lipinski definition) is 4. The van der Waals surface area contributed by atoms with Crippen LogP contribution in [0.25, 0.3) is 10.9 Å². The fourth-order valence-corrected chi connectivity index (χ4v) is 2.06. The molecule has 4 nitrogen and oxygen atoms in total. The van der Waals surface area contributed by atoms with E-state index in [2.05, 4.69) is 9.97 Å². The van der Waals surface area contributed by atoms with Gasteiger partial charge in [0.2, 0.25) is 0 Å². The molecule has 0 fully saturated rings. The molecule has 3 aromatic rings. The van der Waals surface area contributed by atoms with Gasteiger partial charge in [-0.05, 0) is 31.2 Å². The van der Waals surface area contributed by atoms with E-state index in [1.165, 1.54) is 0 Å². The summed E-state index contributed by atoms with van der Waals surface area (Å²) in [6.45, 7) is 2.34. The molecule has 4 heteroatoms. The number of pyridine rings is 2. The Hall–Kier alpha value is -2.62. The summed E-state index contributed by atoms with van der Waals surface area (Å²) in [6.07, 6.45) is 1.68. The topological polar surface area (TPSA) is 61.0 Å². The van der Waals surface area contributed by atoms with Gasteiger partial charge in [-0.3, -0.25) is 4.98 Å². The molecule has 2 heterocycles. The lowest BCUT2D eigenvalue weighted by atomic mass is 10.2. The first-order valence-corrected chi connectivity index (χ1v) is 6.42. The van der Waals surface area contributed by atoms with E-state index in [9.17, 15) is 0 Å². The first kappa shape index (κ1) is 12.4. The molecule has 0 unspecified atom stereocenters. The van der Waals surface area contributed by atoms with Crippen molar-refractivity contribution in [1.82, 2.24) is 9.97 Å². The number of hydrogen-bond donors (Lipinski definition) is 1. The molecule has 0 aliphatic heterocycles. The number of nitrogens with two attached hydrogens (primary N) is 1. The second-order valence-electron chi connectivity index (χ2n) is 4.65. The van der Waals surface area contributed by atoms with Crippen LogP contribution in [0.1, 0.15) is 11.4 Å². The van der Waals surface area contributed by atoms with Gasteiger partial charge in [0.1, 0.15) is 17.9 Å². The van der Waals surface area contributed by atoms with Crippen LogP contribution < -0.4 is 10.5 Å². The Kier molecular flexibility index (Phi) is 3.21. The fraction of sp³-hybridized carbons (Fsp3) is 0.125. The number of rotatable bonds is 3. The molecule has 0 radical (unpaired) electrons. The van der Waals surface area contributed by atoms with Gasteiger partial charge < -0.3 is 10.5 Å². The van der Waals surface area contributed by atoms with Crippen molar-refractivity contribution in [2.45, 2.75) is 13.5 Å². The smallest absolute Gasteiger partial charge is 0.146 e. The van der Waals surface area contributed by atoms with Crippen molar-refractivity contribution in [1.29, 1.82) is 0 Å². The van der Waals surface area contributed by atoms with Crippen LogP contribution in [0.5, 0.6) is 5.75 Å². The number of fused-ring (bicyclic) bond motifs is 1. The third kappa shape index (κ3) is 2.54. The number of aryl methyl sites for hydroxylation is 1. The van der Waals surface area contributed by atoms with Crippen LogP contribution in [0, 0.1) is 6.92 Å². The summed E-state index contributed by atoms with van der Waals surface area (Å²) in [7, 11) is 0. The molecule has 0 aliphatic rings. The van der Waals surface area contributed by atoms with Gasteiger partial charge in [-0.1, -0.05) is 18.2 Å². The van der Waals surface area contributed by atoms with E-state index in [1.54, 1.807) is 12.3 Å². The number of nitrogens with zero attached hydrogens (tertiary/aromatic N) is 2. The van der Waals surface area contributed by atoms with Crippen LogP contribution in [-0.2, 0) is 6.61 Å². The number of para-hydroxylation sites is 1. The first-order valence-electron chi connectivity index (χ1n) is 6.42. The Balaban J connectivity index is 1.89. The van der Waals surface area contributed by atoms with E-state index in [4.69, 9.17) is 10.5 Å². The lowest BCUT2D eigenvalue weighted by molar-refractivity contribution is 0.304. The average Bonchev–Trinajstić information content (AvgIpc) is 2.45. The fourth-order valence-electron chi connectivity index (χ4n) is 2.06. The number of aromatic nitrogens is 2. The zero-order valence-corrected chi connectivity index (χ0v) is 11.2. The maximum absolute atomic E-state index is 5.83. The third-order valence-electron chi connectivity index (χ3n) is 3.04. The zero-order chi connectivity index (χ0) is 13.9. The van der Waals surface area contributed by atoms with Gasteiger partial charge in [-0.15, -0.1) is 0 Å². The molecule has 0 aliphatic carbocycles. The van der Waals surface area contributed by atoms with Crippen molar-refractivity contribution in [3.8, 4) is 5.75 Å². The Labute approximate surface area is 117 Å². The van der Waals surface area contributed by atoms with Crippen LogP contribution in [0.15, 0.2) is 48.7 Å². The van der Waals surface area contributed by atoms with Crippen molar-refractivity contribution in [2.24, 2.45) is 0 Å². The second kappa shape index (κ2) is 5.17. The highest BCUT2D eigenvalue weighted by Gasteiger charge is 2.05. The van der Waals surface area contributed by atoms with Gasteiger partial charge >= 0.3 is 0 Å². The Morgan fingerprint density at radius 2 is 2.05 bits per heavy atom. The van der Waals surface area contributed by atoms with E-state index in [-0.39, 0.29) is 0 Å². The van der Waals surface area contributed by atoms with Gasteiger partial charge in [0, 0.05) is 23.0 Å². The summed E-state index contributed by atoms with van der Waals surface area (Å²) in [4.78, 5) is 8.76. The van der Waals surface area contributed by atoms with Gasteiger partial charge in [0.05, 0.1) is 5.69 Å². The molecule has 0 bridgehead atoms. The van der Waals surface area contributed by atoms with Crippen LogP contribution in [0.4, 0.5) is 5.69 Å². The lowest BCUT2D eigenvalue weighted by Crippen LogP contribution is -2.00. The molecule has 0 amide bonds. The summed E-state index contributed by atoms with van der Waals surface area (Å²) >= 11 is 0. The number of anilines is 1. The predicted molar refractivity (Wildman–Crippen MR) is 79.5 cm³/mol. The molecule has 0 saturated carbocycles. The maximum atomic E-state index is 5.83. The molecule has 2 N–H and O–H groups in total. The Bertz CT molecular complexity index is 756. The van der Waals surface area contributed by atoms with E-state index in [0.717, 1.165) is 28.0 Å². The summed E-state index contributed by atoms with van der Waals surface area (Å²) in [5.74, 6) is 0.760. The molecular formula is C16H15N3O. The van der Waals surface area contributed by atoms with Gasteiger partial charge in [0.15, 0.2) is 0 Å². The lowest BCUT2D eigenvalue weighted by Gasteiger charge is -2.09. The second-order valence-corrected chi connectivity index (χ2v) is 4.65. The van der Waals surface area contributed by atoms with Crippen LogP contribution in [-0.4, -0.2) is 9.97 Å². The Morgan fingerprint density at radius 3 is 2.90 bits per heavy atom. The van der Waals surface area contributed by atoms with Crippen LogP contribution in [0.2, 0.25) is 0 Å². The number of ether oxygens (including phenoxy) is 1. The predicted octanol–water partition coefficient (Wildman–Crippen LogP) is 3.10. The van der Waals surface area contributed by atoms with Gasteiger partial charge in [-0.2, -0.15) is 0 Å². The van der Waals surface area contributed by atoms with E-state index in [1.807, 2.05) is 43.3 Å². The zero-order valence-electron chi connectivity index (χ0n) is 11.2. The van der Waals surface area contributed by atoms with Crippen molar-refractivity contribution in [2.75, 3.05) is 5.73 Å². The minimum Gasteiger partial charge on any atom is -0.485 e. The highest BCUT2D eigenvalue weighted by atomic mass is 16.5. The number of benzene rings is 1. The molecule has 0 saturated heterocycles.